The van der Waals surface area contributed by atoms with Crippen molar-refractivity contribution in [2.75, 3.05) is 19.6 Å². The molecule has 1 aromatic carbocycles. The molecular weight excluding hydrogens is 522 g/mol. The van der Waals surface area contributed by atoms with Gasteiger partial charge in [0.1, 0.15) is 16.4 Å². The van der Waals surface area contributed by atoms with Crippen LogP contribution in [0.5, 0.6) is 0 Å². The summed E-state index contributed by atoms with van der Waals surface area (Å²) in [6.07, 6.45) is 13.7. The maximum absolute atomic E-state index is 13.9. The van der Waals surface area contributed by atoms with Crippen LogP contribution in [0.3, 0.4) is 0 Å². The van der Waals surface area contributed by atoms with Crippen LogP contribution in [0.2, 0.25) is 0 Å². The summed E-state index contributed by atoms with van der Waals surface area (Å²) in [6, 6.07) is 9.12. The highest BCUT2D eigenvalue weighted by Gasteiger charge is 2.43. The van der Waals surface area contributed by atoms with E-state index in [1.807, 2.05) is 6.07 Å². The molecule has 2 aliphatic heterocycles. The molecule has 0 N–H and O–H groups in total. The van der Waals surface area contributed by atoms with Crippen LogP contribution in [-0.2, 0) is 10.0 Å². The van der Waals surface area contributed by atoms with Crippen LogP contribution in [0.1, 0.15) is 100.0 Å². The van der Waals surface area contributed by atoms with Crippen molar-refractivity contribution in [1.82, 2.24) is 23.9 Å². The minimum Gasteiger partial charge on any atom is -0.360 e. The lowest BCUT2D eigenvalue weighted by Crippen LogP contribution is -2.45. The molecule has 4 aliphatic rings. The zero-order chi connectivity index (χ0) is 27.4. The number of hydrogen-bond donors (Lipinski definition) is 0. The van der Waals surface area contributed by atoms with E-state index < -0.39 is 10.0 Å². The fourth-order valence-electron chi connectivity index (χ4n) is 8.60. The third-order valence-corrected chi connectivity index (χ3v) is 12.5. The van der Waals surface area contributed by atoms with E-state index in [2.05, 4.69) is 32.8 Å². The summed E-state index contributed by atoms with van der Waals surface area (Å²) in [6.45, 7) is 6.11. The first-order valence-electron chi connectivity index (χ1n) is 15.6. The number of benzene rings is 1. The Morgan fingerprint density at radius 1 is 0.850 bits per heavy atom. The molecule has 4 atom stereocenters. The smallest absolute Gasteiger partial charge is 0.249 e. The molecule has 2 aliphatic carbocycles. The summed E-state index contributed by atoms with van der Waals surface area (Å²) < 4.78 is 37.2. The second kappa shape index (κ2) is 10.6. The highest BCUT2D eigenvalue weighted by molar-refractivity contribution is 7.89. The molecule has 8 nitrogen and oxygen atoms in total. The van der Waals surface area contributed by atoms with Crippen molar-refractivity contribution in [2.24, 2.45) is 11.8 Å². The summed E-state index contributed by atoms with van der Waals surface area (Å²) in [5.74, 6) is 3.12. The fraction of sp³-hybridized carbons (Fsp3) is 0.677. The van der Waals surface area contributed by atoms with E-state index in [0.717, 1.165) is 73.5 Å². The van der Waals surface area contributed by atoms with E-state index in [4.69, 9.17) is 9.51 Å². The summed E-state index contributed by atoms with van der Waals surface area (Å²) in [5, 5.41) is 3.94. The number of aryl methyl sites for hydroxylation is 2. The van der Waals surface area contributed by atoms with Gasteiger partial charge in [0.25, 0.3) is 0 Å². The van der Waals surface area contributed by atoms with Gasteiger partial charge in [0.05, 0.1) is 17.1 Å². The van der Waals surface area contributed by atoms with Gasteiger partial charge in [-0.25, -0.2) is 13.4 Å². The SMILES string of the molecule is Cc1noc(C)c1S(=O)(=O)N1CCC[C@@H]1c1nc2ccccc2n1C1CCN([C@@H]2C[C@@H]3CCCC[C@@H](C3)C2)CC1. The first-order valence-corrected chi connectivity index (χ1v) is 17.0. The quantitative estimate of drug-likeness (QED) is 0.368. The van der Waals surface area contributed by atoms with E-state index in [1.54, 1.807) is 18.2 Å². The van der Waals surface area contributed by atoms with Crippen molar-refractivity contribution in [1.29, 1.82) is 0 Å². The van der Waals surface area contributed by atoms with Crippen LogP contribution in [0.15, 0.2) is 33.7 Å². The Labute approximate surface area is 238 Å². The fourth-order valence-corrected chi connectivity index (χ4v) is 10.6. The largest absolute Gasteiger partial charge is 0.360 e. The molecule has 2 bridgehead atoms. The minimum absolute atomic E-state index is 0.211. The molecule has 216 valence electrons. The molecule has 40 heavy (non-hydrogen) atoms. The lowest BCUT2D eigenvalue weighted by molar-refractivity contribution is 0.0709. The van der Waals surface area contributed by atoms with E-state index >= 15 is 0 Å². The maximum Gasteiger partial charge on any atom is 0.249 e. The van der Waals surface area contributed by atoms with Crippen molar-refractivity contribution < 1.29 is 12.9 Å². The van der Waals surface area contributed by atoms with Gasteiger partial charge >= 0.3 is 0 Å². The number of hydrogen-bond acceptors (Lipinski definition) is 6. The number of imidazole rings is 1. The Morgan fingerprint density at radius 3 is 2.27 bits per heavy atom. The first-order chi connectivity index (χ1) is 19.4. The number of para-hydroxylation sites is 2. The van der Waals surface area contributed by atoms with E-state index in [1.165, 1.54) is 44.9 Å². The third kappa shape index (κ3) is 4.62. The van der Waals surface area contributed by atoms with Gasteiger partial charge in [0, 0.05) is 31.7 Å². The molecule has 3 aromatic rings. The van der Waals surface area contributed by atoms with E-state index in [-0.39, 0.29) is 10.9 Å². The second-order valence-electron chi connectivity index (χ2n) is 12.9. The topological polar surface area (TPSA) is 84.5 Å². The number of fused-ring (bicyclic) bond motifs is 3. The van der Waals surface area contributed by atoms with Gasteiger partial charge in [-0.2, -0.15) is 4.31 Å². The standard InChI is InChI=1S/C31H43N5O3S/c1-21-30(22(2)39-33-21)40(37,38)35-15-7-12-29(35)31-32-27-10-5-6-11-28(27)36(31)25-13-16-34(17-14-25)26-19-23-8-3-4-9-24(18-23)20-26/h5-6,10-11,23-26,29H,3-4,7-9,12-20H2,1-2H3/t23-,24+,26-,29-/m1/s1. The van der Waals surface area contributed by atoms with E-state index in [0.29, 0.717) is 24.0 Å². The average Bonchev–Trinajstić information content (AvgIpc) is 3.65. The first kappa shape index (κ1) is 26.7. The molecule has 0 radical (unpaired) electrons. The van der Waals surface area contributed by atoms with Gasteiger partial charge in [-0.15, -0.1) is 0 Å². The number of aromatic nitrogens is 3. The van der Waals surface area contributed by atoms with Crippen LogP contribution in [-0.4, -0.2) is 58.0 Å². The van der Waals surface area contributed by atoms with Crippen LogP contribution < -0.4 is 0 Å². The van der Waals surface area contributed by atoms with Crippen molar-refractivity contribution in [3.05, 3.63) is 41.5 Å². The average molecular weight is 566 g/mol. The van der Waals surface area contributed by atoms with Crippen LogP contribution in [0.4, 0.5) is 0 Å². The van der Waals surface area contributed by atoms with Gasteiger partial charge in [0.15, 0.2) is 5.76 Å². The third-order valence-electron chi connectivity index (χ3n) is 10.4. The molecular formula is C31H43N5O3S. The molecule has 7 rings (SSSR count). The zero-order valence-corrected chi connectivity index (χ0v) is 24.8. The molecule has 0 unspecified atom stereocenters. The Hall–Kier alpha value is -2.23. The normalized spacial score (nSPS) is 29.2. The predicted molar refractivity (Wildman–Crippen MR) is 155 cm³/mol. The summed E-state index contributed by atoms with van der Waals surface area (Å²) in [5.41, 5.74) is 2.51. The number of rotatable bonds is 5. The monoisotopic (exact) mass is 565 g/mol. The van der Waals surface area contributed by atoms with Gasteiger partial charge in [-0.3, -0.25) is 0 Å². The van der Waals surface area contributed by atoms with Gasteiger partial charge in [-0.05, 0) is 82.8 Å². The van der Waals surface area contributed by atoms with Crippen molar-refractivity contribution in [3.8, 4) is 0 Å². The van der Waals surface area contributed by atoms with Gasteiger partial charge < -0.3 is 14.0 Å². The number of piperidine rings is 1. The van der Waals surface area contributed by atoms with Gasteiger partial charge in [-0.1, -0.05) is 43.0 Å². The Morgan fingerprint density at radius 2 is 1.57 bits per heavy atom. The molecule has 2 saturated carbocycles. The van der Waals surface area contributed by atoms with E-state index in [9.17, 15) is 8.42 Å². The summed E-state index contributed by atoms with van der Waals surface area (Å²) >= 11 is 0. The number of likely N-dealkylation sites (tertiary alicyclic amines) is 1. The van der Waals surface area contributed by atoms with Crippen molar-refractivity contribution in [3.63, 3.8) is 0 Å². The second-order valence-corrected chi connectivity index (χ2v) is 14.7. The number of sulfonamides is 1. The summed E-state index contributed by atoms with van der Waals surface area (Å²) in [4.78, 5) is 8.13. The van der Waals surface area contributed by atoms with Gasteiger partial charge in [0.2, 0.25) is 10.0 Å². The molecule has 9 heteroatoms. The summed E-state index contributed by atoms with van der Waals surface area (Å²) in [7, 11) is -3.76. The Kier molecular flexibility index (Phi) is 7.03. The number of nitrogens with zero attached hydrogens (tertiary/aromatic N) is 5. The zero-order valence-electron chi connectivity index (χ0n) is 24.0. The minimum atomic E-state index is -3.76. The lowest BCUT2D eigenvalue weighted by Gasteiger charge is -2.43. The van der Waals surface area contributed by atoms with Crippen LogP contribution in [0, 0.1) is 25.7 Å². The molecule has 4 fully saturated rings. The highest BCUT2D eigenvalue weighted by Crippen LogP contribution is 2.43. The Balaban J connectivity index is 1.17. The highest BCUT2D eigenvalue weighted by atomic mass is 32.2. The van der Waals surface area contributed by atoms with Crippen molar-refractivity contribution >= 4 is 21.1 Å². The van der Waals surface area contributed by atoms with Crippen molar-refractivity contribution in [2.45, 2.75) is 107 Å². The maximum atomic E-state index is 13.9. The van der Waals surface area contributed by atoms with Crippen LogP contribution in [0.25, 0.3) is 11.0 Å². The predicted octanol–water partition coefficient (Wildman–Crippen LogP) is 6.16. The molecule has 0 spiro atoms. The molecule has 2 saturated heterocycles. The Bertz CT molecular complexity index is 1440. The molecule has 0 amide bonds. The lowest BCUT2D eigenvalue weighted by atomic mass is 9.77. The van der Waals surface area contributed by atoms with Crippen LogP contribution >= 0.6 is 0 Å². The molecule has 4 heterocycles. The molecule has 2 aromatic heterocycles.